The highest BCUT2D eigenvalue weighted by Crippen LogP contribution is 2.34. The second-order valence-electron chi connectivity index (χ2n) is 2.66. The minimum atomic E-state index is -0.741. The zero-order valence-corrected chi connectivity index (χ0v) is 9.72. The molecule has 0 amide bonds. The molecule has 1 aromatic carbocycles. The van der Waals surface area contributed by atoms with Crippen molar-refractivity contribution in [3.63, 3.8) is 0 Å². The Morgan fingerprint density at radius 1 is 1.53 bits per heavy atom. The second-order valence-corrected chi connectivity index (χ2v) is 3.45. The minimum Gasteiger partial charge on any atom is -0.495 e. The Labute approximate surface area is 94.3 Å². The van der Waals surface area contributed by atoms with Gasteiger partial charge in [-0.25, -0.2) is 9.18 Å². The van der Waals surface area contributed by atoms with Crippen molar-refractivity contribution in [1.82, 2.24) is 0 Å². The van der Waals surface area contributed by atoms with Crippen LogP contribution in [0.3, 0.4) is 0 Å². The lowest BCUT2D eigenvalue weighted by atomic mass is 10.1. The van der Waals surface area contributed by atoms with E-state index in [2.05, 4.69) is 20.7 Å². The summed E-state index contributed by atoms with van der Waals surface area (Å²) >= 11 is 2.96. The zero-order chi connectivity index (χ0) is 11.6. The topological polar surface area (TPSA) is 61.5 Å². The summed E-state index contributed by atoms with van der Waals surface area (Å²) in [5, 5.41) is 0. The van der Waals surface area contributed by atoms with E-state index in [-0.39, 0.29) is 21.5 Å². The molecule has 0 heterocycles. The van der Waals surface area contributed by atoms with Crippen molar-refractivity contribution in [2.45, 2.75) is 0 Å². The number of carbonyl (C=O) groups is 1. The third kappa shape index (κ3) is 2.04. The summed E-state index contributed by atoms with van der Waals surface area (Å²) in [6, 6.07) is 1.31. The van der Waals surface area contributed by atoms with Crippen molar-refractivity contribution in [1.29, 1.82) is 0 Å². The number of methoxy groups -OCH3 is 2. The standard InChI is InChI=1S/C9H9BrFNO3/c1-14-5-3-4(9(13)15-2)8(12)7(11)6(5)10/h3H,12H2,1-2H3. The average Bonchev–Trinajstić information content (AvgIpc) is 2.25. The van der Waals surface area contributed by atoms with Gasteiger partial charge in [-0.1, -0.05) is 0 Å². The Bertz CT molecular complexity index is 409. The number of hydrogen-bond acceptors (Lipinski definition) is 4. The Balaban J connectivity index is 3.41. The van der Waals surface area contributed by atoms with Gasteiger partial charge in [0.25, 0.3) is 0 Å². The molecule has 1 rings (SSSR count). The van der Waals surface area contributed by atoms with E-state index < -0.39 is 11.8 Å². The van der Waals surface area contributed by atoms with Gasteiger partial charge in [0.05, 0.1) is 29.9 Å². The Morgan fingerprint density at radius 3 is 2.60 bits per heavy atom. The van der Waals surface area contributed by atoms with E-state index in [0.29, 0.717) is 0 Å². The van der Waals surface area contributed by atoms with Crippen molar-refractivity contribution in [2.75, 3.05) is 20.0 Å². The molecule has 0 saturated heterocycles. The number of anilines is 1. The molecule has 1 aromatic rings. The predicted octanol–water partition coefficient (Wildman–Crippen LogP) is 1.97. The normalized spacial score (nSPS) is 9.87. The van der Waals surface area contributed by atoms with Gasteiger partial charge < -0.3 is 15.2 Å². The van der Waals surface area contributed by atoms with Crippen LogP contribution in [-0.4, -0.2) is 20.2 Å². The molecular formula is C9H9BrFNO3. The molecule has 82 valence electrons. The first kappa shape index (κ1) is 11.8. The molecular weight excluding hydrogens is 269 g/mol. The van der Waals surface area contributed by atoms with Crippen LogP contribution in [0.2, 0.25) is 0 Å². The first-order valence-electron chi connectivity index (χ1n) is 3.92. The Hall–Kier alpha value is -1.30. The largest absolute Gasteiger partial charge is 0.495 e. The average molecular weight is 278 g/mol. The molecule has 0 radical (unpaired) electrons. The number of esters is 1. The van der Waals surface area contributed by atoms with Gasteiger partial charge in [0.1, 0.15) is 5.75 Å². The van der Waals surface area contributed by atoms with Crippen LogP contribution in [0.25, 0.3) is 0 Å². The van der Waals surface area contributed by atoms with Gasteiger partial charge in [0.15, 0.2) is 5.82 Å². The summed E-state index contributed by atoms with van der Waals surface area (Å²) in [6.45, 7) is 0. The number of hydrogen-bond donors (Lipinski definition) is 1. The van der Waals surface area contributed by atoms with E-state index in [1.54, 1.807) is 0 Å². The molecule has 4 nitrogen and oxygen atoms in total. The molecule has 0 aliphatic heterocycles. The van der Waals surface area contributed by atoms with E-state index in [1.165, 1.54) is 20.3 Å². The van der Waals surface area contributed by atoms with Crippen LogP contribution in [0.15, 0.2) is 10.5 Å². The number of ether oxygens (including phenoxy) is 2. The van der Waals surface area contributed by atoms with Gasteiger partial charge in [-0.2, -0.15) is 0 Å². The quantitative estimate of drug-likeness (QED) is 0.663. The third-order valence-electron chi connectivity index (χ3n) is 1.84. The molecule has 0 atom stereocenters. The molecule has 0 aliphatic rings. The fourth-order valence-corrected chi connectivity index (χ4v) is 1.53. The lowest BCUT2D eigenvalue weighted by Crippen LogP contribution is -2.08. The summed E-state index contributed by atoms with van der Waals surface area (Å²) < 4.78 is 22.9. The Morgan fingerprint density at radius 2 is 2.13 bits per heavy atom. The van der Waals surface area contributed by atoms with Crippen molar-refractivity contribution in [3.05, 3.63) is 21.9 Å². The molecule has 15 heavy (non-hydrogen) atoms. The maximum atomic E-state index is 13.5. The van der Waals surface area contributed by atoms with Gasteiger partial charge in [0.2, 0.25) is 0 Å². The second kappa shape index (κ2) is 4.48. The smallest absolute Gasteiger partial charge is 0.340 e. The molecule has 0 aromatic heterocycles. The lowest BCUT2D eigenvalue weighted by molar-refractivity contribution is 0.0601. The summed E-state index contributed by atoms with van der Waals surface area (Å²) in [7, 11) is 2.55. The SMILES string of the molecule is COC(=O)c1cc(OC)c(Br)c(F)c1N. The summed E-state index contributed by atoms with van der Waals surface area (Å²) in [4.78, 5) is 11.2. The van der Waals surface area contributed by atoms with Gasteiger partial charge in [-0.3, -0.25) is 0 Å². The first-order valence-corrected chi connectivity index (χ1v) is 4.72. The third-order valence-corrected chi connectivity index (χ3v) is 2.58. The molecule has 0 spiro atoms. The molecule has 6 heteroatoms. The number of halogens is 2. The molecule has 0 bridgehead atoms. The highest BCUT2D eigenvalue weighted by Gasteiger charge is 2.19. The van der Waals surface area contributed by atoms with Gasteiger partial charge >= 0.3 is 5.97 Å². The van der Waals surface area contributed by atoms with Crippen LogP contribution >= 0.6 is 15.9 Å². The summed E-state index contributed by atoms with van der Waals surface area (Å²) in [5.41, 5.74) is 5.09. The Kier molecular flexibility index (Phi) is 3.52. The van der Waals surface area contributed by atoms with E-state index in [0.717, 1.165) is 0 Å². The van der Waals surface area contributed by atoms with Gasteiger partial charge in [-0.15, -0.1) is 0 Å². The number of nitrogen functional groups attached to an aromatic ring is 1. The maximum absolute atomic E-state index is 13.5. The highest BCUT2D eigenvalue weighted by atomic mass is 79.9. The highest BCUT2D eigenvalue weighted by molar-refractivity contribution is 9.10. The van der Waals surface area contributed by atoms with Crippen LogP contribution in [0, 0.1) is 5.82 Å². The van der Waals surface area contributed by atoms with Crippen LogP contribution in [0.1, 0.15) is 10.4 Å². The minimum absolute atomic E-state index is 0.0601. The summed E-state index contributed by atoms with van der Waals surface area (Å²) in [5.74, 6) is -1.27. The fraction of sp³-hybridized carbons (Fsp3) is 0.222. The molecule has 0 unspecified atom stereocenters. The molecule has 0 fully saturated rings. The predicted molar refractivity (Wildman–Crippen MR) is 56.4 cm³/mol. The van der Waals surface area contributed by atoms with Crippen molar-refractivity contribution in [3.8, 4) is 5.75 Å². The van der Waals surface area contributed by atoms with E-state index >= 15 is 0 Å². The number of nitrogens with two attached hydrogens (primary N) is 1. The number of carbonyl (C=O) groups excluding carboxylic acids is 1. The van der Waals surface area contributed by atoms with E-state index in [9.17, 15) is 9.18 Å². The van der Waals surface area contributed by atoms with Crippen LogP contribution < -0.4 is 10.5 Å². The van der Waals surface area contributed by atoms with Gasteiger partial charge in [-0.05, 0) is 22.0 Å². The number of rotatable bonds is 2. The number of benzene rings is 1. The van der Waals surface area contributed by atoms with Crippen molar-refractivity contribution < 1.29 is 18.7 Å². The van der Waals surface area contributed by atoms with Crippen molar-refractivity contribution >= 4 is 27.6 Å². The van der Waals surface area contributed by atoms with Crippen LogP contribution in [0.5, 0.6) is 5.75 Å². The van der Waals surface area contributed by atoms with E-state index in [1.807, 2.05) is 0 Å². The summed E-state index contributed by atoms with van der Waals surface area (Å²) in [6.07, 6.45) is 0. The zero-order valence-electron chi connectivity index (χ0n) is 8.14. The van der Waals surface area contributed by atoms with Crippen LogP contribution in [0.4, 0.5) is 10.1 Å². The molecule has 0 saturated carbocycles. The maximum Gasteiger partial charge on any atom is 0.340 e. The monoisotopic (exact) mass is 277 g/mol. The van der Waals surface area contributed by atoms with Crippen molar-refractivity contribution in [2.24, 2.45) is 0 Å². The fourth-order valence-electron chi connectivity index (χ4n) is 1.04. The molecule has 0 aliphatic carbocycles. The molecule has 2 N–H and O–H groups in total. The first-order chi connectivity index (χ1) is 7.02. The van der Waals surface area contributed by atoms with Gasteiger partial charge in [0, 0.05) is 0 Å². The lowest BCUT2D eigenvalue weighted by Gasteiger charge is -2.10. The van der Waals surface area contributed by atoms with Crippen LogP contribution in [-0.2, 0) is 4.74 Å². The van der Waals surface area contributed by atoms with E-state index in [4.69, 9.17) is 10.5 Å².